The molecule has 0 radical (unpaired) electrons. The molecule has 3 aliphatic heterocycles. The van der Waals surface area contributed by atoms with E-state index in [-0.39, 0.29) is 29.8 Å². The van der Waals surface area contributed by atoms with Gasteiger partial charge in [-0.25, -0.2) is 19.6 Å². The Morgan fingerprint density at radius 2 is 1.72 bits per heavy atom. The third kappa shape index (κ3) is 8.22. The number of aromatic nitrogens is 4. The molecule has 0 unspecified atom stereocenters. The summed E-state index contributed by atoms with van der Waals surface area (Å²) in [4.78, 5) is 73.7. The molecule has 2 fully saturated rings. The van der Waals surface area contributed by atoms with Crippen LogP contribution in [0.2, 0.25) is 0 Å². The molecular formula is C49H54N8O8. The largest absolute Gasteiger partial charge is 0.488 e. The van der Waals surface area contributed by atoms with Crippen molar-refractivity contribution in [3.63, 3.8) is 0 Å². The lowest BCUT2D eigenvalue weighted by Gasteiger charge is -2.32. The minimum Gasteiger partial charge on any atom is -0.488 e. The molecule has 0 saturated carbocycles. The van der Waals surface area contributed by atoms with Crippen LogP contribution in [0.4, 0.5) is 9.59 Å². The van der Waals surface area contributed by atoms with E-state index in [0.717, 1.165) is 68.3 Å². The van der Waals surface area contributed by atoms with Crippen LogP contribution in [0.1, 0.15) is 85.0 Å². The Balaban J connectivity index is 0.969. The highest BCUT2D eigenvalue weighted by Crippen LogP contribution is 2.44. The minimum atomic E-state index is -2.99. The standard InChI is InChI=1S/C49H54N8O8/c1-26(2)41(54-48(60)63-5)47(59)57-27(3)12-17-38(57)45-51-36-16-14-30-20-35-33-15-13-31(19-32(33)25-65-40(35)21-34(30)43(36)53-45)37-22-50-44(52-37)39-18-28(24-62-4)23-56(39)46(58)42(55-49(61)64-6)29-10-8-7-9-11-29/h7-11,13-16,19-22,26-28,38-39,41-42H,12,17-18,23-25H2,1-6H3,(H,50,52)(H,51,53)(H,54,60)(H,55,61)/t27-,28-,38-,39-,41-,42+/m0/s1/i6D3. The van der Waals surface area contributed by atoms with Crippen LogP contribution in [0.5, 0.6) is 5.75 Å². The summed E-state index contributed by atoms with van der Waals surface area (Å²) < 4.78 is 43.5. The first kappa shape index (κ1) is 39.6. The van der Waals surface area contributed by atoms with Gasteiger partial charge in [0.15, 0.2) is 0 Å². The van der Waals surface area contributed by atoms with Gasteiger partial charge in [0.25, 0.3) is 5.91 Å². The Morgan fingerprint density at radius 3 is 2.49 bits per heavy atom. The highest BCUT2D eigenvalue weighted by molar-refractivity contribution is 6.07. The predicted molar refractivity (Wildman–Crippen MR) is 243 cm³/mol. The zero-order valence-electron chi connectivity index (χ0n) is 39.8. The number of hydrogen-bond acceptors (Lipinski definition) is 10. The van der Waals surface area contributed by atoms with Crippen LogP contribution in [0.3, 0.4) is 0 Å². The predicted octanol–water partition coefficient (Wildman–Crippen LogP) is 7.73. The SMILES string of the molecule is [2H]C([2H])([2H])OC(=O)N[C@@H](C(=O)N1C[C@@H](COC)C[C@H]1c1ncc(-c2ccc3c(c2)COc2cc4c(ccc5[nH]c([C@@H]6CC[C@H](C)N6C(=O)[C@@H](NC(=O)OC)C(C)C)nc54)cc2-3)[nH]1)c1ccccc1. The Bertz CT molecular complexity index is 2890. The van der Waals surface area contributed by atoms with E-state index in [1.54, 1.807) is 48.5 Å². The summed E-state index contributed by atoms with van der Waals surface area (Å²) in [5, 5.41) is 7.11. The fourth-order valence-electron chi connectivity index (χ4n) is 9.80. The summed E-state index contributed by atoms with van der Waals surface area (Å²) in [6, 6.07) is 20.2. The maximum absolute atomic E-state index is 14.4. The van der Waals surface area contributed by atoms with Gasteiger partial charge in [0, 0.05) is 36.6 Å². The minimum absolute atomic E-state index is 0.0329. The summed E-state index contributed by atoms with van der Waals surface area (Å²) in [5.74, 6) is 1.17. The topological polar surface area (TPSA) is 193 Å². The van der Waals surface area contributed by atoms with Gasteiger partial charge >= 0.3 is 12.2 Å². The van der Waals surface area contributed by atoms with Crippen molar-refractivity contribution in [2.24, 2.45) is 11.8 Å². The third-order valence-corrected chi connectivity index (χ3v) is 13.0. The Labute approximate surface area is 380 Å². The van der Waals surface area contributed by atoms with Gasteiger partial charge in [-0.3, -0.25) is 9.59 Å². The number of likely N-dealkylation sites (tertiary alicyclic amines) is 2. The van der Waals surface area contributed by atoms with Crippen LogP contribution in [0.15, 0.2) is 79.0 Å². The van der Waals surface area contributed by atoms with Crippen LogP contribution in [0.25, 0.3) is 44.2 Å². The molecule has 338 valence electrons. The second-order valence-corrected chi connectivity index (χ2v) is 17.5. The zero-order valence-corrected chi connectivity index (χ0v) is 36.8. The average Bonchev–Trinajstić information content (AvgIpc) is 4.14. The van der Waals surface area contributed by atoms with Gasteiger partial charge in [0.05, 0.1) is 59.9 Å². The van der Waals surface area contributed by atoms with Gasteiger partial charge in [-0.15, -0.1) is 0 Å². The van der Waals surface area contributed by atoms with Gasteiger partial charge in [-0.1, -0.05) is 62.4 Å². The van der Waals surface area contributed by atoms with Crippen molar-refractivity contribution in [3.8, 4) is 28.1 Å². The Hall–Kier alpha value is -6.94. The van der Waals surface area contributed by atoms with Crippen molar-refractivity contribution in [1.29, 1.82) is 0 Å². The van der Waals surface area contributed by atoms with Crippen molar-refractivity contribution in [3.05, 3.63) is 102 Å². The van der Waals surface area contributed by atoms with Crippen molar-refractivity contribution in [2.75, 3.05) is 34.4 Å². The van der Waals surface area contributed by atoms with Gasteiger partial charge in [-0.2, -0.15) is 0 Å². The fraction of sp³-hybridized carbons (Fsp3) is 0.388. The Kier molecular flexibility index (Phi) is 10.9. The average molecular weight is 886 g/mol. The lowest BCUT2D eigenvalue weighted by atomic mass is 9.92. The second-order valence-electron chi connectivity index (χ2n) is 17.5. The second kappa shape index (κ2) is 17.9. The summed E-state index contributed by atoms with van der Waals surface area (Å²) in [6.45, 7) is 6.85. The number of aromatic amines is 2. The number of fused-ring (bicyclic) bond motifs is 6. The molecule has 16 heteroatoms. The number of benzene rings is 4. The lowest BCUT2D eigenvalue weighted by Crippen LogP contribution is -2.52. The van der Waals surface area contributed by atoms with E-state index in [1.807, 2.05) is 43.9 Å². The maximum atomic E-state index is 14.4. The highest BCUT2D eigenvalue weighted by Gasteiger charge is 2.43. The number of carbonyl (C=O) groups is 4. The van der Waals surface area contributed by atoms with Crippen molar-refractivity contribution < 1.29 is 42.2 Å². The Morgan fingerprint density at radius 1 is 0.908 bits per heavy atom. The molecule has 0 aliphatic carbocycles. The quantitative estimate of drug-likeness (QED) is 0.100. The smallest absolute Gasteiger partial charge is 0.407 e. The normalized spacial score (nSPS) is 20.9. The van der Waals surface area contributed by atoms with Crippen LogP contribution in [-0.4, -0.2) is 100 Å². The van der Waals surface area contributed by atoms with E-state index >= 15 is 0 Å². The number of amides is 4. The number of rotatable bonds is 11. The first-order valence-corrected chi connectivity index (χ1v) is 21.9. The first-order valence-electron chi connectivity index (χ1n) is 23.4. The molecule has 0 bridgehead atoms. The number of nitrogens with one attached hydrogen (secondary N) is 4. The molecule has 2 saturated heterocycles. The molecule has 16 nitrogen and oxygen atoms in total. The van der Waals surface area contributed by atoms with Gasteiger partial charge < -0.3 is 49.3 Å². The molecule has 4 N–H and O–H groups in total. The monoisotopic (exact) mass is 885 g/mol. The van der Waals surface area contributed by atoms with E-state index in [1.165, 1.54) is 7.11 Å². The van der Waals surface area contributed by atoms with Gasteiger partial charge in [0.2, 0.25) is 5.91 Å². The lowest BCUT2D eigenvalue weighted by molar-refractivity contribution is -0.137. The number of H-pyrrole nitrogens is 2. The molecule has 6 aromatic rings. The molecule has 2 aromatic heterocycles. The van der Waals surface area contributed by atoms with E-state index in [9.17, 15) is 19.2 Å². The van der Waals surface area contributed by atoms with Gasteiger partial charge in [0.1, 0.15) is 36.1 Å². The molecule has 5 heterocycles. The molecule has 65 heavy (non-hydrogen) atoms. The maximum Gasteiger partial charge on any atom is 0.407 e. The molecule has 4 amide bonds. The molecule has 0 spiro atoms. The number of imidazole rings is 2. The number of nitrogens with zero attached hydrogens (tertiary/aromatic N) is 4. The number of hydrogen-bond donors (Lipinski definition) is 4. The van der Waals surface area contributed by atoms with Crippen LogP contribution in [-0.2, 0) is 30.4 Å². The highest BCUT2D eigenvalue weighted by atomic mass is 16.5. The number of alkyl carbamates (subject to hydrolysis) is 2. The van der Waals surface area contributed by atoms with Crippen LogP contribution in [0, 0.1) is 11.8 Å². The fourth-order valence-corrected chi connectivity index (χ4v) is 9.80. The van der Waals surface area contributed by atoms with Crippen LogP contribution >= 0.6 is 0 Å². The molecule has 4 aromatic carbocycles. The third-order valence-electron chi connectivity index (χ3n) is 13.0. The van der Waals surface area contributed by atoms with Crippen molar-refractivity contribution in [2.45, 2.75) is 76.8 Å². The summed E-state index contributed by atoms with van der Waals surface area (Å²) >= 11 is 0. The van der Waals surface area contributed by atoms with E-state index < -0.39 is 43.3 Å². The summed E-state index contributed by atoms with van der Waals surface area (Å²) in [5.41, 5.74) is 6.64. The molecule has 9 rings (SSSR count). The number of ether oxygens (including phenoxy) is 4. The molecule has 6 atom stereocenters. The van der Waals surface area contributed by atoms with E-state index in [4.69, 9.17) is 28.3 Å². The van der Waals surface area contributed by atoms with Crippen molar-refractivity contribution in [1.82, 2.24) is 40.4 Å². The molecular weight excluding hydrogens is 829 g/mol. The summed E-state index contributed by atoms with van der Waals surface area (Å²) in [7, 11) is -0.105. The number of methoxy groups -OCH3 is 3. The van der Waals surface area contributed by atoms with Crippen LogP contribution < -0.4 is 15.4 Å². The number of carbonyl (C=O) groups excluding carboxylic acids is 4. The van der Waals surface area contributed by atoms with Crippen molar-refractivity contribution >= 4 is 45.8 Å². The van der Waals surface area contributed by atoms with E-state index in [2.05, 4.69) is 49.6 Å². The van der Waals surface area contributed by atoms with E-state index in [0.29, 0.717) is 43.4 Å². The first-order chi connectivity index (χ1) is 32.6. The van der Waals surface area contributed by atoms with Gasteiger partial charge in [-0.05, 0) is 84.0 Å². The summed E-state index contributed by atoms with van der Waals surface area (Å²) in [6.07, 6.45) is 1.91. The zero-order chi connectivity index (χ0) is 48.0. The molecule has 3 aliphatic rings.